The molecule has 1 atom stereocenters. The van der Waals surface area contributed by atoms with Gasteiger partial charge in [0.15, 0.2) is 0 Å². The number of esters is 1. The normalized spacial score (nSPS) is 11.5. The van der Waals surface area contributed by atoms with E-state index >= 15 is 0 Å². The van der Waals surface area contributed by atoms with Crippen LogP contribution in [0.3, 0.4) is 0 Å². The summed E-state index contributed by atoms with van der Waals surface area (Å²) in [6, 6.07) is 17.7. The molecule has 0 aromatic heterocycles. The van der Waals surface area contributed by atoms with Crippen molar-refractivity contribution in [1.82, 2.24) is 5.32 Å². The Bertz CT molecular complexity index is 790. The molecule has 0 radical (unpaired) electrons. The van der Waals surface area contributed by atoms with Crippen LogP contribution in [0.2, 0.25) is 0 Å². The Hall–Kier alpha value is -3.39. The van der Waals surface area contributed by atoms with Crippen LogP contribution in [0, 0.1) is 11.3 Å². The van der Waals surface area contributed by atoms with Crippen LogP contribution in [-0.4, -0.2) is 19.0 Å². The summed E-state index contributed by atoms with van der Waals surface area (Å²) in [4.78, 5) is 23.8. The zero-order valence-electron chi connectivity index (χ0n) is 13.8. The molecule has 1 N–H and O–H groups in total. The minimum atomic E-state index is -0.466. The van der Waals surface area contributed by atoms with E-state index in [9.17, 15) is 9.59 Å². The number of nitrogens with one attached hydrogen (secondary N) is 1. The molecule has 0 aliphatic heterocycles. The fourth-order valence-corrected chi connectivity index (χ4v) is 2.25. The lowest BCUT2D eigenvalue weighted by molar-refractivity contribution is -0.141. The van der Waals surface area contributed by atoms with Crippen LogP contribution >= 0.6 is 0 Å². The van der Waals surface area contributed by atoms with Gasteiger partial charge in [-0.15, -0.1) is 0 Å². The molecule has 0 aliphatic carbocycles. The fourth-order valence-electron chi connectivity index (χ4n) is 2.25. The van der Waals surface area contributed by atoms with Gasteiger partial charge in [-0.2, -0.15) is 5.26 Å². The van der Waals surface area contributed by atoms with E-state index in [0.717, 1.165) is 11.1 Å². The third-order valence-corrected chi connectivity index (χ3v) is 3.58. The van der Waals surface area contributed by atoms with Crippen molar-refractivity contribution >= 4 is 18.0 Å². The zero-order chi connectivity index (χ0) is 18.1. The Balaban J connectivity index is 2.06. The molecule has 126 valence electrons. The molecule has 1 amide bonds. The third kappa shape index (κ3) is 5.63. The lowest BCUT2D eigenvalue weighted by atomic mass is 10.0. The van der Waals surface area contributed by atoms with Crippen LogP contribution in [-0.2, 0) is 14.3 Å². The summed E-state index contributed by atoms with van der Waals surface area (Å²) in [7, 11) is 1.32. The first-order chi connectivity index (χ1) is 12.1. The van der Waals surface area contributed by atoms with Gasteiger partial charge in [0.25, 0.3) is 0 Å². The number of hydrogen-bond acceptors (Lipinski definition) is 4. The van der Waals surface area contributed by atoms with Crippen LogP contribution in [0.5, 0.6) is 0 Å². The van der Waals surface area contributed by atoms with E-state index in [1.165, 1.54) is 13.2 Å². The average Bonchev–Trinajstić information content (AvgIpc) is 2.66. The van der Waals surface area contributed by atoms with Gasteiger partial charge in [-0.25, -0.2) is 0 Å². The summed E-state index contributed by atoms with van der Waals surface area (Å²) >= 11 is 0. The largest absolute Gasteiger partial charge is 0.469 e. The molecule has 25 heavy (non-hydrogen) atoms. The van der Waals surface area contributed by atoms with Crippen molar-refractivity contribution in [3.8, 4) is 6.07 Å². The molecule has 0 spiro atoms. The van der Waals surface area contributed by atoms with E-state index in [1.54, 1.807) is 30.3 Å². The fraction of sp³-hybridized carbons (Fsp3) is 0.150. The molecule has 2 aromatic carbocycles. The van der Waals surface area contributed by atoms with E-state index in [1.807, 2.05) is 36.4 Å². The van der Waals surface area contributed by atoms with Crippen molar-refractivity contribution in [1.29, 1.82) is 5.26 Å². The summed E-state index contributed by atoms with van der Waals surface area (Å²) in [6.07, 6.45) is 3.10. The van der Waals surface area contributed by atoms with Crippen molar-refractivity contribution in [3.63, 3.8) is 0 Å². The number of benzene rings is 2. The number of nitrogens with zero attached hydrogens (tertiary/aromatic N) is 1. The first-order valence-corrected chi connectivity index (χ1v) is 7.73. The SMILES string of the molecule is COC(=O)C[C@H](NC(=O)C=Cc1ccc(C#N)cc1)c1ccccc1. The molecular formula is C20H18N2O3. The molecule has 5 nitrogen and oxygen atoms in total. The lowest BCUT2D eigenvalue weighted by Gasteiger charge is -2.17. The highest BCUT2D eigenvalue weighted by atomic mass is 16.5. The minimum Gasteiger partial charge on any atom is -0.469 e. The monoisotopic (exact) mass is 334 g/mol. The lowest BCUT2D eigenvalue weighted by Crippen LogP contribution is -2.29. The maximum atomic E-state index is 12.2. The molecule has 0 aliphatic rings. The van der Waals surface area contributed by atoms with Gasteiger partial charge in [-0.3, -0.25) is 9.59 Å². The number of ether oxygens (including phenoxy) is 1. The topological polar surface area (TPSA) is 79.2 Å². The Morgan fingerprint density at radius 3 is 2.44 bits per heavy atom. The zero-order valence-corrected chi connectivity index (χ0v) is 13.8. The Labute approximate surface area is 146 Å². The summed E-state index contributed by atoms with van der Waals surface area (Å²) in [5, 5.41) is 11.6. The third-order valence-electron chi connectivity index (χ3n) is 3.58. The van der Waals surface area contributed by atoms with Crippen molar-refractivity contribution in [2.24, 2.45) is 0 Å². The summed E-state index contributed by atoms with van der Waals surface area (Å²) in [5.41, 5.74) is 2.19. The first kappa shape index (κ1) is 18.0. The molecule has 5 heteroatoms. The van der Waals surface area contributed by atoms with E-state index in [2.05, 4.69) is 5.32 Å². The van der Waals surface area contributed by atoms with Gasteiger partial charge in [-0.05, 0) is 29.3 Å². The van der Waals surface area contributed by atoms with Gasteiger partial charge in [0.2, 0.25) is 5.91 Å². The summed E-state index contributed by atoms with van der Waals surface area (Å²) in [5.74, 6) is -0.715. The number of methoxy groups -OCH3 is 1. The van der Waals surface area contributed by atoms with E-state index in [4.69, 9.17) is 10.00 Å². The van der Waals surface area contributed by atoms with Crippen molar-refractivity contribution in [3.05, 3.63) is 77.4 Å². The van der Waals surface area contributed by atoms with Gasteiger partial charge in [0.05, 0.1) is 31.2 Å². The molecule has 0 saturated carbocycles. The second-order valence-corrected chi connectivity index (χ2v) is 5.32. The standard InChI is InChI=1S/C20H18N2O3/c1-25-20(24)13-18(17-5-3-2-4-6-17)22-19(23)12-11-15-7-9-16(14-21)10-8-15/h2-12,18H,13H2,1H3,(H,22,23)/t18-/m0/s1. The Kier molecular flexibility index (Phi) is 6.49. The highest BCUT2D eigenvalue weighted by Gasteiger charge is 2.17. The molecule has 0 heterocycles. The van der Waals surface area contributed by atoms with E-state index in [0.29, 0.717) is 5.56 Å². The quantitative estimate of drug-likeness (QED) is 0.650. The number of carbonyl (C=O) groups excluding carboxylic acids is 2. The minimum absolute atomic E-state index is 0.0525. The summed E-state index contributed by atoms with van der Waals surface area (Å²) in [6.45, 7) is 0. The highest BCUT2D eigenvalue weighted by molar-refractivity contribution is 5.92. The molecule has 0 bridgehead atoms. The molecule has 0 unspecified atom stereocenters. The van der Waals surface area contributed by atoms with Crippen LogP contribution < -0.4 is 5.32 Å². The van der Waals surface area contributed by atoms with Crippen molar-refractivity contribution in [2.45, 2.75) is 12.5 Å². The van der Waals surface area contributed by atoms with Gasteiger partial charge in [0, 0.05) is 6.08 Å². The van der Waals surface area contributed by atoms with Gasteiger partial charge < -0.3 is 10.1 Å². The predicted molar refractivity (Wildman–Crippen MR) is 94.1 cm³/mol. The highest BCUT2D eigenvalue weighted by Crippen LogP contribution is 2.17. The van der Waals surface area contributed by atoms with Gasteiger partial charge in [-0.1, -0.05) is 42.5 Å². The molecule has 0 fully saturated rings. The summed E-state index contributed by atoms with van der Waals surface area (Å²) < 4.78 is 4.70. The van der Waals surface area contributed by atoms with E-state index < -0.39 is 12.0 Å². The van der Waals surface area contributed by atoms with Crippen LogP contribution in [0.25, 0.3) is 6.08 Å². The number of amides is 1. The Morgan fingerprint density at radius 2 is 1.84 bits per heavy atom. The van der Waals surface area contributed by atoms with Crippen LogP contribution in [0.1, 0.15) is 29.2 Å². The molecule has 0 saturated heterocycles. The maximum absolute atomic E-state index is 12.2. The van der Waals surface area contributed by atoms with Crippen LogP contribution in [0.15, 0.2) is 60.7 Å². The molecule has 2 aromatic rings. The predicted octanol–water partition coefficient (Wildman–Crippen LogP) is 2.99. The number of hydrogen-bond donors (Lipinski definition) is 1. The van der Waals surface area contributed by atoms with Crippen molar-refractivity contribution in [2.75, 3.05) is 7.11 Å². The Morgan fingerprint density at radius 1 is 1.16 bits per heavy atom. The van der Waals surface area contributed by atoms with Crippen LogP contribution in [0.4, 0.5) is 0 Å². The van der Waals surface area contributed by atoms with Crippen molar-refractivity contribution < 1.29 is 14.3 Å². The van der Waals surface area contributed by atoms with Gasteiger partial charge in [0.1, 0.15) is 0 Å². The second kappa shape index (κ2) is 9.04. The van der Waals surface area contributed by atoms with Gasteiger partial charge >= 0.3 is 5.97 Å². The average molecular weight is 334 g/mol. The molecular weight excluding hydrogens is 316 g/mol. The first-order valence-electron chi connectivity index (χ1n) is 7.73. The number of carbonyl (C=O) groups is 2. The number of nitriles is 1. The number of rotatable bonds is 6. The van der Waals surface area contributed by atoms with E-state index in [-0.39, 0.29) is 12.3 Å². The smallest absolute Gasteiger partial charge is 0.307 e. The maximum Gasteiger partial charge on any atom is 0.307 e. The second-order valence-electron chi connectivity index (χ2n) is 5.32. The molecule has 2 rings (SSSR count).